The molecular formula is C15H12Cl2N2O5S. The van der Waals surface area contributed by atoms with E-state index < -0.39 is 26.7 Å². The van der Waals surface area contributed by atoms with Crippen molar-refractivity contribution in [3.05, 3.63) is 63.2 Å². The third-order valence-electron chi connectivity index (χ3n) is 3.31. The Balaban J connectivity index is 2.59. The van der Waals surface area contributed by atoms with Gasteiger partial charge in [-0.05, 0) is 48.4 Å². The molecule has 0 radical (unpaired) electrons. The zero-order valence-corrected chi connectivity index (χ0v) is 15.2. The van der Waals surface area contributed by atoms with Crippen LogP contribution in [0.1, 0.15) is 5.56 Å². The lowest BCUT2D eigenvalue weighted by Gasteiger charge is -2.23. The molecule has 0 fully saturated rings. The summed E-state index contributed by atoms with van der Waals surface area (Å²) in [6.45, 7) is 1.04. The number of rotatable bonds is 6. The summed E-state index contributed by atoms with van der Waals surface area (Å²) in [5.74, 6) is 0. The first kappa shape index (κ1) is 19.2. The molecule has 0 aliphatic carbocycles. The summed E-state index contributed by atoms with van der Waals surface area (Å²) < 4.78 is 26.6. The molecule has 2 aromatic carbocycles. The van der Waals surface area contributed by atoms with Crippen molar-refractivity contribution in [3.63, 3.8) is 0 Å². The highest BCUT2D eigenvalue weighted by molar-refractivity contribution is 7.92. The van der Waals surface area contributed by atoms with Crippen LogP contribution in [-0.4, -0.2) is 25.1 Å². The standard InChI is InChI=1S/C15H12Cl2N2O5S/c1-10-7-11(5-6-14(10)16)18(9-15(17)20)25(23,24)13-4-2-3-12(8-13)19(21)22/h2-8H,9H2,1H3. The summed E-state index contributed by atoms with van der Waals surface area (Å²) in [6, 6.07) is 8.93. The van der Waals surface area contributed by atoms with Gasteiger partial charge >= 0.3 is 0 Å². The fraction of sp³-hybridized carbons (Fsp3) is 0.133. The minimum Gasteiger partial charge on any atom is -0.279 e. The van der Waals surface area contributed by atoms with Gasteiger partial charge in [-0.2, -0.15) is 0 Å². The number of sulfonamides is 1. The zero-order chi connectivity index (χ0) is 18.8. The van der Waals surface area contributed by atoms with Crippen LogP contribution >= 0.6 is 23.2 Å². The monoisotopic (exact) mass is 402 g/mol. The van der Waals surface area contributed by atoms with Crippen LogP contribution in [0.25, 0.3) is 0 Å². The summed E-state index contributed by atoms with van der Waals surface area (Å²) >= 11 is 11.3. The molecule has 2 rings (SSSR count). The van der Waals surface area contributed by atoms with E-state index in [1.54, 1.807) is 6.92 Å². The van der Waals surface area contributed by atoms with Gasteiger partial charge in [-0.1, -0.05) is 17.7 Å². The number of non-ortho nitro benzene ring substituents is 1. The van der Waals surface area contributed by atoms with E-state index in [1.807, 2.05) is 0 Å². The first-order valence-electron chi connectivity index (χ1n) is 6.84. The van der Waals surface area contributed by atoms with Crippen molar-refractivity contribution in [3.8, 4) is 0 Å². The molecule has 0 heterocycles. The van der Waals surface area contributed by atoms with E-state index >= 15 is 0 Å². The first-order valence-corrected chi connectivity index (χ1v) is 9.04. The smallest absolute Gasteiger partial charge is 0.270 e. The average Bonchev–Trinajstić information content (AvgIpc) is 2.55. The van der Waals surface area contributed by atoms with E-state index in [-0.39, 0.29) is 16.3 Å². The molecule has 0 saturated heterocycles. The van der Waals surface area contributed by atoms with E-state index in [4.69, 9.17) is 23.2 Å². The minimum absolute atomic E-state index is 0.169. The number of halogens is 2. The van der Waals surface area contributed by atoms with E-state index in [2.05, 4.69) is 0 Å². The molecule has 0 atom stereocenters. The number of benzene rings is 2. The molecule has 0 aliphatic heterocycles. The highest BCUT2D eigenvalue weighted by Gasteiger charge is 2.28. The van der Waals surface area contributed by atoms with Gasteiger partial charge in [0.2, 0.25) is 5.24 Å². The van der Waals surface area contributed by atoms with Crippen LogP contribution in [0.4, 0.5) is 11.4 Å². The van der Waals surface area contributed by atoms with Gasteiger partial charge in [0, 0.05) is 17.2 Å². The Morgan fingerprint density at radius 2 is 1.92 bits per heavy atom. The second kappa shape index (κ2) is 7.38. The number of hydrogen-bond donors (Lipinski definition) is 0. The first-order chi connectivity index (χ1) is 11.6. The van der Waals surface area contributed by atoms with Gasteiger partial charge in [-0.3, -0.25) is 19.2 Å². The number of anilines is 1. The van der Waals surface area contributed by atoms with Crippen LogP contribution in [0.15, 0.2) is 47.4 Å². The molecule has 0 saturated carbocycles. The van der Waals surface area contributed by atoms with Crippen molar-refractivity contribution in [1.29, 1.82) is 0 Å². The van der Waals surface area contributed by atoms with Crippen LogP contribution in [0.2, 0.25) is 5.02 Å². The zero-order valence-electron chi connectivity index (χ0n) is 12.8. The van der Waals surface area contributed by atoms with Crippen LogP contribution in [0.5, 0.6) is 0 Å². The summed E-state index contributed by atoms with van der Waals surface area (Å²) in [4.78, 5) is 21.2. The number of aryl methyl sites for hydroxylation is 1. The Kier molecular flexibility index (Phi) is 5.66. The molecular weight excluding hydrogens is 391 g/mol. The molecule has 0 aliphatic rings. The largest absolute Gasteiger partial charge is 0.279 e. The lowest BCUT2D eigenvalue weighted by Crippen LogP contribution is -2.34. The molecule has 0 amide bonds. The third kappa shape index (κ3) is 4.28. The number of nitro benzene ring substituents is 1. The Morgan fingerprint density at radius 1 is 1.24 bits per heavy atom. The van der Waals surface area contributed by atoms with Crippen molar-refractivity contribution in [1.82, 2.24) is 0 Å². The van der Waals surface area contributed by atoms with Crippen LogP contribution in [0, 0.1) is 17.0 Å². The maximum absolute atomic E-state index is 12.9. The molecule has 25 heavy (non-hydrogen) atoms. The molecule has 0 aromatic heterocycles. The molecule has 0 bridgehead atoms. The van der Waals surface area contributed by atoms with E-state index in [9.17, 15) is 23.3 Å². The van der Waals surface area contributed by atoms with Gasteiger partial charge in [0.25, 0.3) is 15.7 Å². The van der Waals surface area contributed by atoms with Gasteiger partial charge in [0.05, 0.1) is 15.5 Å². The molecule has 0 spiro atoms. The third-order valence-corrected chi connectivity index (χ3v) is 5.63. The van der Waals surface area contributed by atoms with Crippen LogP contribution in [0.3, 0.4) is 0 Å². The van der Waals surface area contributed by atoms with Gasteiger partial charge in [0.15, 0.2) is 0 Å². The number of carbonyl (C=O) groups excluding carboxylic acids is 1. The summed E-state index contributed by atoms with van der Waals surface area (Å²) in [6.07, 6.45) is 0. The molecule has 132 valence electrons. The fourth-order valence-corrected chi connectivity index (χ4v) is 3.86. The molecule has 0 N–H and O–H groups in total. The van der Waals surface area contributed by atoms with Gasteiger partial charge in [0.1, 0.15) is 6.54 Å². The number of carbonyl (C=O) groups is 1. The van der Waals surface area contributed by atoms with E-state index in [0.717, 1.165) is 10.4 Å². The van der Waals surface area contributed by atoms with E-state index in [1.165, 1.54) is 36.4 Å². The summed E-state index contributed by atoms with van der Waals surface area (Å²) in [5, 5.41) is 10.4. The topological polar surface area (TPSA) is 97.6 Å². The Labute approximate surface area is 154 Å². The number of hydrogen-bond acceptors (Lipinski definition) is 5. The van der Waals surface area contributed by atoms with Crippen LogP contribution in [-0.2, 0) is 14.8 Å². The Morgan fingerprint density at radius 3 is 2.48 bits per heavy atom. The highest BCUT2D eigenvalue weighted by Crippen LogP contribution is 2.29. The lowest BCUT2D eigenvalue weighted by molar-refractivity contribution is -0.385. The molecule has 2 aromatic rings. The minimum atomic E-state index is -4.25. The lowest BCUT2D eigenvalue weighted by atomic mass is 10.2. The maximum atomic E-state index is 12.9. The second-order valence-corrected chi connectivity index (χ2v) is 7.75. The molecule has 7 nitrogen and oxygen atoms in total. The molecule has 10 heteroatoms. The predicted molar refractivity (Wildman–Crippen MR) is 94.7 cm³/mol. The maximum Gasteiger partial charge on any atom is 0.270 e. The van der Waals surface area contributed by atoms with Gasteiger partial charge in [-0.15, -0.1) is 0 Å². The normalized spacial score (nSPS) is 11.2. The summed E-state index contributed by atoms with van der Waals surface area (Å²) in [5.41, 5.74) is 0.383. The fourth-order valence-electron chi connectivity index (χ4n) is 2.10. The SMILES string of the molecule is Cc1cc(N(CC(=O)Cl)S(=O)(=O)c2cccc([N+](=O)[O-])c2)ccc1Cl. The number of nitro groups is 1. The highest BCUT2D eigenvalue weighted by atomic mass is 35.5. The van der Waals surface area contributed by atoms with Gasteiger partial charge in [-0.25, -0.2) is 8.42 Å². The van der Waals surface area contributed by atoms with Crippen molar-refractivity contribution in [2.24, 2.45) is 0 Å². The number of nitrogens with zero attached hydrogens (tertiary/aromatic N) is 2. The van der Waals surface area contributed by atoms with Crippen molar-refractivity contribution >= 4 is 49.8 Å². The Hall–Kier alpha value is -2.16. The van der Waals surface area contributed by atoms with Gasteiger partial charge < -0.3 is 0 Å². The predicted octanol–water partition coefficient (Wildman–Crippen LogP) is 3.52. The van der Waals surface area contributed by atoms with Crippen LogP contribution < -0.4 is 4.31 Å². The van der Waals surface area contributed by atoms with Crippen molar-refractivity contribution in [2.75, 3.05) is 10.8 Å². The van der Waals surface area contributed by atoms with Crippen molar-refractivity contribution < 1.29 is 18.1 Å². The average molecular weight is 403 g/mol. The molecule has 0 unspecified atom stereocenters. The quantitative estimate of drug-likeness (QED) is 0.418. The summed E-state index contributed by atoms with van der Waals surface area (Å²) in [7, 11) is -4.25. The van der Waals surface area contributed by atoms with Crippen molar-refractivity contribution in [2.45, 2.75) is 11.8 Å². The van der Waals surface area contributed by atoms with E-state index in [0.29, 0.717) is 10.6 Å². The second-order valence-electron chi connectivity index (χ2n) is 5.05. The Bertz CT molecular complexity index is 947.